The van der Waals surface area contributed by atoms with Gasteiger partial charge in [0, 0.05) is 13.1 Å². The summed E-state index contributed by atoms with van der Waals surface area (Å²) in [5.74, 6) is 0.202. The number of benzene rings is 1. The van der Waals surface area contributed by atoms with Crippen LogP contribution in [0.25, 0.3) is 0 Å². The molecule has 1 atom stereocenters. The van der Waals surface area contributed by atoms with E-state index in [2.05, 4.69) is 5.32 Å². The first-order valence-electron chi connectivity index (χ1n) is 6.86. The minimum atomic E-state index is -0.421. The average Bonchev–Trinajstić information content (AvgIpc) is 2.52. The Hall–Kier alpha value is -2.55. The Kier molecular flexibility index (Phi) is 4.77. The zero-order valence-corrected chi connectivity index (χ0v) is 11.8. The van der Waals surface area contributed by atoms with Crippen LogP contribution in [0.3, 0.4) is 0 Å². The maximum absolute atomic E-state index is 12.2. The highest BCUT2D eigenvalue weighted by molar-refractivity contribution is 5.89. The SMILES string of the molecule is CCC1C(=O)NCCN1C(=O)COc1ccc(C#N)cc1. The fraction of sp³-hybridized carbons (Fsp3) is 0.400. The van der Waals surface area contributed by atoms with E-state index in [1.165, 1.54) is 0 Å². The van der Waals surface area contributed by atoms with Gasteiger partial charge in [-0.1, -0.05) is 6.92 Å². The number of piperazine rings is 1. The third kappa shape index (κ3) is 3.51. The average molecular weight is 287 g/mol. The van der Waals surface area contributed by atoms with Crippen LogP contribution >= 0.6 is 0 Å². The van der Waals surface area contributed by atoms with Gasteiger partial charge in [0.05, 0.1) is 11.6 Å². The Morgan fingerprint density at radius 1 is 1.48 bits per heavy atom. The maximum Gasteiger partial charge on any atom is 0.261 e. The van der Waals surface area contributed by atoms with Crippen LogP contribution < -0.4 is 10.1 Å². The first-order valence-corrected chi connectivity index (χ1v) is 6.86. The van der Waals surface area contributed by atoms with E-state index in [9.17, 15) is 9.59 Å². The van der Waals surface area contributed by atoms with Crippen molar-refractivity contribution >= 4 is 11.8 Å². The monoisotopic (exact) mass is 287 g/mol. The van der Waals surface area contributed by atoms with Gasteiger partial charge in [-0.25, -0.2) is 0 Å². The first kappa shape index (κ1) is 14.9. The molecule has 6 nitrogen and oxygen atoms in total. The third-order valence-electron chi connectivity index (χ3n) is 3.38. The van der Waals surface area contributed by atoms with Crippen LogP contribution in [0.4, 0.5) is 0 Å². The van der Waals surface area contributed by atoms with Crippen LogP contribution in [-0.4, -0.2) is 42.5 Å². The number of hydrogen-bond acceptors (Lipinski definition) is 4. The molecule has 1 aliphatic heterocycles. The number of amides is 2. The van der Waals surface area contributed by atoms with Gasteiger partial charge in [0.15, 0.2) is 6.61 Å². The maximum atomic E-state index is 12.2. The molecule has 0 aliphatic carbocycles. The van der Waals surface area contributed by atoms with Crippen molar-refractivity contribution in [2.24, 2.45) is 0 Å². The van der Waals surface area contributed by atoms with Crippen molar-refractivity contribution in [2.75, 3.05) is 19.7 Å². The van der Waals surface area contributed by atoms with Crippen molar-refractivity contribution in [3.8, 4) is 11.8 Å². The van der Waals surface area contributed by atoms with Crippen molar-refractivity contribution in [1.82, 2.24) is 10.2 Å². The van der Waals surface area contributed by atoms with E-state index in [0.717, 1.165) is 0 Å². The number of carbonyl (C=O) groups excluding carboxylic acids is 2. The van der Waals surface area contributed by atoms with Crippen molar-refractivity contribution < 1.29 is 14.3 Å². The predicted octanol–water partition coefficient (Wildman–Crippen LogP) is 0.674. The Balaban J connectivity index is 1.94. The van der Waals surface area contributed by atoms with Crippen LogP contribution in [0, 0.1) is 11.3 Å². The normalized spacial score (nSPS) is 17.8. The van der Waals surface area contributed by atoms with Gasteiger partial charge in [0.1, 0.15) is 11.8 Å². The predicted molar refractivity (Wildman–Crippen MR) is 75.5 cm³/mol. The van der Waals surface area contributed by atoms with Crippen LogP contribution in [0.1, 0.15) is 18.9 Å². The molecule has 0 spiro atoms. The lowest BCUT2D eigenvalue weighted by Gasteiger charge is -2.34. The highest BCUT2D eigenvalue weighted by Crippen LogP contribution is 2.13. The van der Waals surface area contributed by atoms with E-state index in [0.29, 0.717) is 30.8 Å². The summed E-state index contributed by atoms with van der Waals surface area (Å²) in [5, 5.41) is 11.5. The number of rotatable bonds is 4. The third-order valence-corrected chi connectivity index (χ3v) is 3.38. The number of nitrogens with one attached hydrogen (secondary N) is 1. The van der Waals surface area contributed by atoms with E-state index >= 15 is 0 Å². The number of hydrogen-bond donors (Lipinski definition) is 1. The highest BCUT2D eigenvalue weighted by Gasteiger charge is 2.31. The van der Waals surface area contributed by atoms with E-state index in [-0.39, 0.29) is 18.4 Å². The molecular weight excluding hydrogens is 270 g/mol. The van der Waals surface area contributed by atoms with Gasteiger partial charge >= 0.3 is 0 Å². The molecule has 1 saturated heterocycles. The Labute approximate surface area is 123 Å². The molecule has 1 fully saturated rings. The van der Waals surface area contributed by atoms with E-state index in [1.54, 1.807) is 29.2 Å². The molecule has 21 heavy (non-hydrogen) atoms. The Morgan fingerprint density at radius 3 is 2.81 bits per heavy atom. The van der Waals surface area contributed by atoms with Gasteiger partial charge in [-0.2, -0.15) is 5.26 Å². The summed E-state index contributed by atoms with van der Waals surface area (Å²) in [6.07, 6.45) is 0.578. The summed E-state index contributed by atoms with van der Waals surface area (Å²) >= 11 is 0. The summed E-state index contributed by atoms with van der Waals surface area (Å²) in [6.45, 7) is 2.73. The topological polar surface area (TPSA) is 82.4 Å². The second-order valence-corrected chi connectivity index (χ2v) is 4.73. The molecule has 110 valence electrons. The summed E-state index contributed by atoms with van der Waals surface area (Å²) in [4.78, 5) is 25.4. The molecule has 0 radical (unpaired) electrons. The summed E-state index contributed by atoms with van der Waals surface area (Å²) in [5.41, 5.74) is 0.535. The van der Waals surface area contributed by atoms with Crippen molar-refractivity contribution in [2.45, 2.75) is 19.4 Å². The second kappa shape index (κ2) is 6.75. The highest BCUT2D eigenvalue weighted by atomic mass is 16.5. The molecule has 1 unspecified atom stereocenters. The molecule has 1 aromatic carbocycles. The molecule has 1 N–H and O–H groups in total. The van der Waals surface area contributed by atoms with Gasteiger partial charge in [-0.3, -0.25) is 9.59 Å². The molecule has 1 aliphatic rings. The molecule has 1 heterocycles. The Morgan fingerprint density at radius 2 is 2.19 bits per heavy atom. The van der Waals surface area contributed by atoms with Crippen molar-refractivity contribution in [3.05, 3.63) is 29.8 Å². The summed E-state index contributed by atoms with van der Waals surface area (Å²) < 4.78 is 5.42. The zero-order valence-electron chi connectivity index (χ0n) is 11.8. The van der Waals surface area contributed by atoms with Crippen LogP contribution in [0.15, 0.2) is 24.3 Å². The first-order chi connectivity index (χ1) is 10.2. The number of carbonyl (C=O) groups is 2. The standard InChI is InChI=1S/C15H17N3O3/c1-2-13-15(20)17-7-8-18(13)14(19)10-21-12-5-3-11(9-16)4-6-12/h3-6,13H,2,7-8,10H2,1H3,(H,17,20). The smallest absolute Gasteiger partial charge is 0.261 e. The lowest BCUT2D eigenvalue weighted by Crippen LogP contribution is -2.57. The lowest BCUT2D eigenvalue weighted by atomic mass is 10.1. The lowest BCUT2D eigenvalue weighted by molar-refractivity contribution is -0.144. The van der Waals surface area contributed by atoms with Gasteiger partial charge < -0.3 is 15.0 Å². The van der Waals surface area contributed by atoms with Gasteiger partial charge in [0.25, 0.3) is 5.91 Å². The molecule has 2 amide bonds. The fourth-order valence-corrected chi connectivity index (χ4v) is 2.27. The zero-order chi connectivity index (χ0) is 15.2. The fourth-order valence-electron chi connectivity index (χ4n) is 2.27. The molecule has 1 aromatic rings. The molecule has 2 rings (SSSR count). The number of nitrogens with zero attached hydrogens (tertiary/aromatic N) is 2. The summed E-state index contributed by atoms with van der Waals surface area (Å²) in [7, 11) is 0. The number of nitriles is 1. The van der Waals surface area contributed by atoms with Crippen LogP contribution in [-0.2, 0) is 9.59 Å². The van der Waals surface area contributed by atoms with Crippen molar-refractivity contribution in [1.29, 1.82) is 5.26 Å². The Bertz CT molecular complexity index is 563. The van der Waals surface area contributed by atoms with Crippen LogP contribution in [0.2, 0.25) is 0 Å². The largest absolute Gasteiger partial charge is 0.484 e. The molecule has 0 saturated carbocycles. The minimum Gasteiger partial charge on any atom is -0.484 e. The van der Waals surface area contributed by atoms with Gasteiger partial charge in [-0.05, 0) is 30.7 Å². The van der Waals surface area contributed by atoms with E-state index in [1.807, 2.05) is 13.0 Å². The number of ether oxygens (including phenoxy) is 1. The summed E-state index contributed by atoms with van der Waals surface area (Å²) in [6, 6.07) is 8.14. The van der Waals surface area contributed by atoms with Gasteiger partial charge in [0.2, 0.25) is 5.91 Å². The van der Waals surface area contributed by atoms with E-state index in [4.69, 9.17) is 10.00 Å². The van der Waals surface area contributed by atoms with Gasteiger partial charge in [-0.15, -0.1) is 0 Å². The molecule has 0 aromatic heterocycles. The molecule has 0 bridgehead atoms. The van der Waals surface area contributed by atoms with E-state index < -0.39 is 6.04 Å². The van der Waals surface area contributed by atoms with Crippen LogP contribution in [0.5, 0.6) is 5.75 Å². The second-order valence-electron chi connectivity index (χ2n) is 4.73. The van der Waals surface area contributed by atoms with Crippen molar-refractivity contribution in [3.63, 3.8) is 0 Å². The minimum absolute atomic E-state index is 0.115. The molecular formula is C15H17N3O3. The quantitative estimate of drug-likeness (QED) is 0.882. The molecule has 6 heteroatoms.